The summed E-state index contributed by atoms with van der Waals surface area (Å²) < 4.78 is 13.1. The normalized spacial score (nSPS) is 14.4. The fourth-order valence-corrected chi connectivity index (χ4v) is 3.00. The molecule has 6 heteroatoms. The molecule has 0 saturated carbocycles. The van der Waals surface area contributed by atoms with Crippen LogP contribution in [0.3, 0.4) is 0 Å². The first-order chi connectivity index (χ1) is 12.1. The minimum absolute atomic E-state index is 0.103. The standard InChI is InChI=1S/C19H22FN3O2/c20-16-5-3-4-15(14-16)8-9-21-19(25)23-12-10-22(11-13-23)17-6-1-2-7-18(17)24/h1-7,14,24H,8-13H2,(H,21,25). The lowest BCUT2D eigenvalue weighted by atomic mass is 10.1. The highest BCUT2D eigenvalue weighted by Gasteiger charge is 2.22. The number of phenolic OH excluding ortho intramolecular Hbond substituents is 1. The number of urea groups is 1. The van der Waals surface area contributed by atoms with E-state index in [-0.39, 0.29) is 17.6 Å². The molecule has 1 aliphatic heterocycles. The number of halogens is 1. The van der Waals surface area contributed by atoms with Crippen molar-refractivity contribution in [1.29, 1.82) is 0 Å². The van der Waals surface area contributed by atoms with Gasteiger partial charge in [-0.05, 0) is 36.2 Å². The molecule has 5 nitrogen and oxygen atoms in total. The minimum Gasteiger partial charge on any atom is -0.506 e. The number of phenols is 1. The van der Waals surface area contributed by atoms with Crippen molar-refractivity contribution >= 4 is 11.7 Å². The zero-order chi connectivity index (χ0) is 17.6. The first-order valence-electron chi connectivity index (χ1n) is 8.43. The number of hydrogen-bond acceptors (Lipinski definition) is 3. The van der Waals surface area contributed by atoms with Crippen LogP contribution in [-0.2, 0) is 6.42 Å². The second kappa shape index (κ2) is 7.88. The van der Waals surface area contributed by atoms with Gasteiger partial charge in [0.15, 0.2) is 0 Å². The van der Waals surface area contributed by atoms with Crippen molar-refractivity contribution < 1.29 is 14.3 Å². The minimum atomic E-state index is -0.260. The van der Waals surface area contributed by atoms with E-state index in [1.165, 1.54) is 12.1 Å². The second-order valence-corrected chi connectivity index (χ2v) is 6.07. The van der Waals surface area contributed by atoms with E-state index in [0.717, 1.165) is 11.3 Å². The molecular formula is C19H22FN3O2. The molecule has 0 atom stereocenters. The van der Waals surface area contributed by atoms with Crippen molar-refractivity contribution in [3.8, 4) is 5.75 Å². The Bertz CT molecular complexity index is 730. The quantitative estimate of drug-likeness (QED) is 0.897. The molecule has 0 bridgehead atoms. The van der Waals surface area contributed by atoms with Crippen LogP contribution in [0.15, 0.2) is 48.5 Å². The molecule has 1 aliphatic rings. The van der Waals surface area contributed by atoms with Crippen LogP contribution in [0.2, 0.25) is 0 Å². The molecule has 2 N–H and O–H groups in total. The maximum Gasteiger partial charge on any atom is 0.317 e. The van der Waals surface area contributed by atoms with E-state index in [9.17, 15) is 14.3 Å². The average molecular weight is 343 g/mol. The molecule has 3 rings (SSSR count). The number of piperazine rings is 1. The Morgan fingerprint density at radius 3 is 2.56 bits per heavy atom. The number of hydrogen-bond donors (Lipinski definition) is 2. The molecule has 1 heterocycles. The number of nitrogens with one attached hydrogen (secondary N) is 1. The summed E-state index contributed by atoms with van der Waals surface area (Å²) in [6, 6.07) is 13.5. The van der Waals surface area contributed by atoms with Gasteiger partial charge < -0.3 is 20.2 Å². The van der Waals surface area contributed by atoms with Crippen molar-refractivity contribution in [3.05, 3.63) is 59.9 Å². The van der Waals surface area contributed by atoms with E-state index >= 15 is 0 Å². The monoisotopic (exact) mass is 343 g/mol. The summed E-state index contributed by atoms with van der Waals surface area (Å²) in [5.74, 6) is -0.000363. The Kier molecular flexibility index (Phi) is 5.38. The van der Waals surface area contributed by atoms with E-state index in [2.05, 4.69) is 10.2 Å². The molecule has 1 fully saturated rings. The van der Waals surface area contributed by atoms with Gasteiger partial charge in [-0.3, -0.25) is 0 Å². The van der Waals surface area contributed by atoms with Crippen LogP contribution in [0.25, 0.3) is 0 Å². The largest absolute Gasteiger partial charge is 0.506 e. The van der Waals surface area contributed by atoms with Gasteiger partial charge in [-0.2, -0.15) is 0 Å². The number of aromatic hydroxyl groups is 1. The average Bonchev–Trinajstić information content (AvgIpc) is 2.62. The summed E-state index contributed by atoms with van der Waals surface area (Å²) in [6.07, 6.45) is 0.599. The van der Waals surface area contributed by atoms with Crippen molar-refractivity contribution in [2.45, 2.75) is 6.42 Å². The maximum absolute atomic E-state index is 13.1. The Balaban J connectivity index is 1.45. The number of para-hydroxylation sites is 2. The fraction of sp³-hybridized carbons (Fsp3) is 0.316. The molecule has 25 heavy (non-hydrogen) atoms. The molecule has 2 aromatic carbocycles. The summed E-state index contributed by atoms with van der Waals surface area (Å²) in [4.78, 5) is 16.1. The molecule has 0 spiro atoms. The van der Waals surface area contributed by atoms with Crippen molar-refractivity contribution in [1.82, 2.24) is 10.2 Å². The molecule has 1 saturated heterocycles. The summed E-state index contributed by atoms with van der Waals surface area (Å²) in [5, 5.41) is 12.8. The predicted molar refractivity (Wildman–Crippen MR) is 95.4 cm³/mol. The Hall–Kier alpha value is -2.76. The number of rotatable bonds is 4. The summed E-state index contributed by atoms with van der Waals surface area (Å²) in [5.41, 5.74) is 1.67. The molecule has 0 radical (unpaired) electrons. The third-order valence-electron chi connectivity index (χ3n) is 4.37. The van der Waals surface area contributed by atoms with Gasteiger partial charge in [0.2, 0.25) is 0 Å². The van der Waals surface area contributed by atoms with Gasteiger partial charge in [0.05, 0.1) is 5.69 Å². The van der Waals surface area contributed by atoms with Crippen LogP contribution in [0.5, 0.6) is 5.75 Å². The summed E-state index contributed by atoms with van der Waals surface area (Å²) >= 11 is 0. The Morgan fingerprint density at radius 2 is 1.84 bits per heavy atom. The van der Waals surface area contributed by atoms with Gasteiger partial charge in [-0.15, -0.1) is 0 Å². The highest BCUT2D eigenvalue weighted by atomic mass is 19.1. The fourth-order valence-electron chi connectivity index (χ4n) is 3.00. The van der Waals surface area contributed by atoms with Gasteiger partial charge in [0, 0.05) is 32.7 Å². The summed E-state index contributed by atoms with van der Waals surface area (Å²) in [7, 11) is 0. The molecular weight excluding hydrogens is 321 g/mol. The number of carbonyl (C=O) groups is 1. The van der Waals surface area contributed by atoms with Gasteiger partial charge >= 0.3 is 6.03 Å². The van der Waals surface area contributed by atoms with Crippen molar-refractivity contribution in [3.63, 3.8) is 0 Å². The molecule has 0 aliphatic carbocycles. The number of anilines is 1. The lowest BCUT2D eigenvalue weighted by Gasteiger charge is -2.36. The van der Waals surface area contributed by atoms with Crippen LogP contribution < -0.4 is 10.2 Å². The van der Waals surface area contributed by atoms with Crippen LogP contribution in [0, 0.1) is 5.82 Å². The van der Waals surface area contributed by atoms with E-state index < -0.39 is 0 Å². The molecule has 2 amide bonds. The number of nitrogens with zero attached hydrogens (tertiary/aromatic N) is 2. The van der Waals surface area contributed by atoms with Crippen LogP contribution >= 0.6 is 0 Å². The van der Waals surface area contributed by atoms with Crippen LogP contribution in [-0.4, -0.2) is 48.8 Å². The van der Waals surface area contributed by atoms with Gasteiger partial charge in [0.1, 0.15) is 11.6 Å². The zero-order valence-electron chi connectivity index (χ0n) is 14.0. The number of benzene rings is 2. The van der Waals surface area contributed by atoms with E-state index in [4.69, 9.17) is 0 Å². The topological polar surface area (TPSA) is 55.8 Å². The van der Waals surface area contributed by atoms with Gasteiger partial charge in [-0.1, -0.05) is 24.3 Å². The number of amides is 2. The SMILES string of the molecule is O=C(NCCc1cccc(F)c1)N1CCN(c2ccccc2O)CC1. The predicted octanol–water partition coefficient (Wildman–Crippen LogP) is 2.61. The smallest absolute Gasteiger partial charge is 0.317 e. The van der Waals surface area contributed by atoms with Crippen LogP contribution in [0.4, 0.5) is 14.9 Å². The van der Waals surface area contributed by atoms with Gasteiger partial charge in [-0.25, -0.2) is 9.18 Å². The first-order valence-corrected chi connectivity index (χ1v) is 8.43. The first kappa shape index (κ1) is 17.1. The van der Waals surface area contributed by atoms with E-state index in [1.54, 1.807) is 23.1 Å². The Labute approximate surface area is 146 Å². The van der Waals surface area contributed by atoms with Crippen molar-refractivity contribution in [2.24, 2.45) is 0 Å². The highest BCUT2D eigenvalue weighted by Crippen LogP contribution is 2.27. The summed E-state index contributed by atoms with van der Waals surface area (Å²) in [6.45, 7) is 3.02. The maximum atomic E-state index is 13.1. The lowest BCUT2D eigenvalue weighted by Crippen LogP contribution is -2.52. The molecule has 0 aromatic heterocycles. The third-order valence-corrected chi connectivity index (χ3v) is 4.37. The molecule has 2 aromatic rings. The number of carbonyl (C=O) groups excluding carboxylic acids is 1. The lowest BCUT2D eigenvalue weighted by molar-refractivity contribution is 0.194. The van der Waals surface area contributed by atoms with Crippen molar-refractivity contribution in [2.75, 3.05) is 37.6 Å². The third kappa shape index (κ3) is 4.41. The van der Waals surface area contributed by atoms with E-state index in [0.29, 0.717) is 39.1 Å². The second-order valence-electron chi connectivity index (χ2n) is 6.07. The zero-order valence-corrected chi connectivity index (χ0v) is 14.0. The van der Waals surface area contributed by atoms with Crippen LogP contribution in [0.1, 0.15) is 5.56 Å². The molecule has 132 valence electrons. The highest BCUT2D eigenvalue weighted by molar-refractivity contribution is 5.74. The Morgan fingerprint density at radius 1 is 1.08 bits per heavy atom. The molecule has 0 unspecified atom stereocenters. The van der Waals surface area contributed by atoms with Gasteiger partial charge in [0.25, 0.3) is 0 Å². The van der Waals surface area contributed by atoms with E-state index in [1.807, 2.05) is 18.2 Å².